The molecule has 1 aliphatic heterocycles. The second kappa shape index (κ2) is 9.29. The Morgan fingerprint density at radius 3 is 2.79 bits per heavy atom. The molecule has 3 fully saturated rings. The van der Waals surface area contributed by atoms with Crippen LogP contribution in [-0.2, 0) is 16.1 Å². The smallest absolute Gasteiger partial charge is 0.414 e. The molecule has 2 saturated carbocycles. The van der Waals surface area contributed by atoms with Crippen LogP contribution in [0.15, 0.2) is 43.1 Å². The van der Waals surface area contributed by atoms with Gasteiger partial charge in [0.05, 0.1) is 24.5 Å². The van der Waals surface area contributed by atoms with Crippen LogP contribution in [0.3, 0.4) is 0 Å². The fraction of sp³-hybridized carbons (Fsp3) is 0.370. The molecular formula is C27H27N9O3. The van der Waals surface area contributed by atoms with Crippen molar-refractivity contribution >= 4 is 35.0 Å². The average Bonchev–Trinajstić information content (AvgIpc) is 3.85. The van der Waals surface area contributed by atoms with Crippen LogP contribution in [0, 0.1) is 12.8 Å². The van der Waals surface area contributed by atoms with E-state index in [4.69, 9.17) is 9.72 Å². The number of imidazole rings is 1. The SMILES string of the molecule is Cc1ccnc(C2CC2C(=O)Nc2cc(NCc3cn4cc(C5CC5)cc(N5CCOC5=O)c4n3)ncn2)n1. The molecule has 2 unspecified atom stereocenters. The molecule has 2 aliphatic carbocycles. The van der Waals surface area contributed by atoms with Crippen molar-refractivity contribution in [2.45, 2.75) is 44.6 Å². The van der Waals surface area contributed by atoms with Crippen LogP contribution >= 0.6 is 0 Å². The molecule has 5 heterocycles. The van der Waals surface area contributed by atoms with Gasteiger partial charge in [0.1, 0.15) is 30.4 Å². The van der Waals surface area contributed by atoms with Crippen molar-refractivity contribution in [3.05, 3.63) is 65.9 Å². The van der Waals surface area contributed by atoms with Gasteiger partial charge in [0.25, 0.3) is 0 Å². The van der Waals surface area contributed by atoms with Crippen molar-refractivity contribution in [3.63, 3.8) is 0 Å². The molecule has 7 rings (SSSR count). The Morgan fingerprint density at radius 1 is 1.13 bits per heavy atom. The number of hydrogen-bond donors (Lipinski definition) is 2. The van der Waals surface area contributed by atoms with Crippen molar-refractivity contribution in [3.8, 4) is 0 Å². The molecule has 198 valence electrons. The number of aromatic nitrogens is 6. The molecule has 0 aromatic carbocycles. The van der Waals surface area contributed by atoms with Gasteiger partial charge >= 0.3 is 6.09 Å². The number of carbonyl (C=O) groups excluding carboxylic acids is 2. The zero-order chi connectivity index (χ0) is 26.5. The van der Waals surface area contributed by atoms with E-state index in [2.05, 4.69) is 42.8 Å². The zero-order valence-corrected chi connectivity index (χ0v) is 21.4. The van der Waals surface area contributed by atoms with Crippen LogP contribution in [0.25, 0.3) is 5.65 Å². The van der Waals surface area contributed by atoms with E-state index < -0.39 is 0 Å². The Balaban J connectivity index is 1.04. The van der Waals surface area contributed by atoms with E-state index in [1.165, 1.54) is 11.9 Å². The van der Waals surface area contributed by atoms with E-state index in [0.29, 0.717) is 48.7 Å². The Labute approximate surface area is 223 Å². The second-order valence-corrected chi connectivity index (χ2v) is 10.3. The standard InChI is InChI=1S/C27H27N9O3/c1-15-4-5-28-24(32-15)19-9-20(19)26(37)34-23-10-22(30-14-31-23)29-11-18-13-35-12-17(16-2-3-16)8-21(25(35)33-18)36-6-7-39-27(36)38/h4-5,8,10,12-14,16,19-20H,2-3,6-7,9,11H2,1H3,(H2,29,30,31,34,37). The maximum absolute atomic E-state index is 12.8. The molecule has 39 heavy (non-hydrogen) atoms. The number of hydrogen-bond acceptors (Lipinski definition) is 9. The predicted molar refractivity (Wildman–Crippen MR) is 141 cm³/mol. The highest BCUT2D eigenvalue weighted by Gasteiger charge is 2.46. The maximum atomic E-state index is 12.8. The van der Waals surface area contributed by atoms with E-state index in [0.717, 1.165) is 36.3 Å². The lowest BCUT2D eigenvalue weighted by molar-refractivity contribution is -0.117. The zero-order valence-electron chi connectivity index (χ0n) is 21.4. The van der Waals surface area contributed by atoms with Gasteiger partial charge in [-0.15, -0.1) is 0 Å². The molecule has 12 nitrogen and oxygen atoms in total. The summed E-state index contributed by atoms with van der Waals surface area (Å²) in [6.07, 6.45) is 9.89. The van der Waals surface area contributed by atoms with Gasteiger partial charge in [-0.25, -0.2) is 29.7 Å². The number of aryl methyl sites for hydroxylation is 1. The number of cyclic esters (lactones) is 1. The number of anilines is 3. The number of carbonyl (C=O) groups is 2. The largest absolute Gasteiger partial charge is 0.447 e. The molecule has 4 aromatic heterocycles. The minimum Gasteiger partial charge on any atom is -0.447 e. The van der Waals surface area contributed by atoms with Crippen molar-refractivity contribution in [1.82, 2.24) is 29.3 Å². The summed E-state index contributed by atoms with van der Waals surface area (Å²) in [6, 6.07) is 5.61. The molecule has 2 N–H and O–H groups in total. The number of pyridine rings is 1. The molecule has 1 saturated heterocycles. The summed E-state index contributed by atoms with van der Waals surface area (Å²) in [5, 5.41) is 6.15. The molecule has 2 amide bonds. The van der Waals surface area contributed by atoms with Crippen LogP contribution < -0.4 is 15.5 Å². The highest BCUT2D eigenvalue weighted by atomic mass is 16.6. The normalized spacial score (nSPS) is 20.2. The Morgan fingerprint density at radius 2 is 2.00 bits per heavy atom. The van der Waals surface area contributed by atoms with Gasteiger partial charge in [0.15, 0.2) is 5.65 Å². The van der Waals surface area contributed by atoms with Gasteiger partial charge in [-0.2, -0.15) is 0 Å². The van der Waals surface area contributed by atoms with Crippen LogP contribution in [0.4, 0.5) is 22.1 Å². The molecule has 4 aromatic rings. The Kier molecular flexibility index (Phi) is 5.60. The summed E-state index contributed by atoms with van der Waals surface area (Å²) in [6.45, 7) is 3.21. The number of nitrogens with one attached hydrogen (secondary N) is 2. The molecule has 0 spiro atoms. The van der Waals surface area contributed by atoms with Gasteiger partial charge in [-0.1, -0.05) is 0 Å². The molecule has 12 heteroatoms. The van der Waals surface area contributed by atoms with E-state index >= 15 is 0 Å². The lowest BCUT2D eigenvalue weighted by atomic mass is 10.1. The fourth-order valence-electron chi connectivity index (χ4n) is 5.03. The molecule has 2 atom stereocenters. The first-order valence-corrected chi connectivity index (χ1v) is 13.1. The van der Waals surface area contributed by atoms with Gasteiger partial charge in [0.2, 0.25) is 5.91 Å². The Hall–Kier alpha value is -4.61. The number of rotatable bonds is 8. The molecule has 3 aliphatic rings. The van der Waals surface area contributed by atoms with E-state index in [9.17, 15) is 9.59 Å². The third-order valence-corrected chi connectivity index (χ3v) is 7.34. The van der Waals surface area contributed by atoms with Gasteiger partial charge < -0.3 is 19.8 Å². The van der Waals surface area contributed by atoms with Gasteiger partial charge in [0, 0.05) is 42.2 Å². The number of fused-ring (bicyclic) bond motifs is 1. The van der Waals surface area contributed by atoms with E-state index in [1.807, 2.05) is 23.6 Å². The second-order valence-electron chi connectivity index (χ2n) is 10.3. The number of ether oxygens (including phenoxy) is 1. The predicted octanol–water partition coefficient (Wildman–Crippen LogP) is 3.41. The van der Waals surface area contributed by atoms with E-state index in [1.54, 1.807) is 17.2 Å². The molecule has 0 bridgehead atoms. The van der Waals surface area contributed by atoms with Crippen molar-refractivity contribution in [2.75, 3.05) is 28.7 Å². The minimum atomic E-state index is -0.341. The minimum absolute atomic E-state index is 0.0344. The van der Waals surface area contributed by atoms with Gasteiger partial charge in [-0.3, -0.25) is 9.69 Å². The number of amides is 2. The van der Waals surface area contributed by atoms with Crippen LogP contribution in [0.1, 0.15) is 53.9 Å². The van der Waals surface area contributed by atoms with Crippen molar-refractivity contribution in [1.29, 1.82) is 0 Å². The van der Waals surface area contributed by atoms with Gasteiger partial charge in [-0.05, 0) is 49.8 Å². The van der Waals surface area contributed by atoms with Crippen LogP contribution in [-0.4, -0.2) is 54.5 Å². The molecule has 0 radical (unpaired) electrons. The van der Waals surface area contributed by atoms with Crippen LogP contribution in [0.5, 0.6) is 0 Å². The van der Waals surface area contributed by atoms with Crippen LogP contribution in [0.2, 0.25) is 0 Å². The summed E-state index contributed by atoms with van der Waals surface area (Å²) in [5.74, 6) is 1.99. The first kappa shape index (κ1) is 23.5. The highest BCUT2D eigenvalue weighted by Crippen LogP contribution is 2.46. The third kappa shape index (κ3) is 4.73. The Bertz CT molecular complexity index is 1600. The summed E-state index contributed by atoms with van der Waals surface area (Å²) in [7, 11) is 0. The summed E-state index contributed by atoms with van der Waals surface area (Å²) in [5.41, 5.74) is 4.37. The van der Waals surface area contributed by atoms with Crippen molar-refractivity contribution in [2.24, 2.45) is 5.92 Å². The van der Waals surface area contributed by atoms with Crippen molar-refractivity contribution < 1.29 is 14.3 Å². The quantitative estimate of drug-likeness (QED) is 0.354. The number of nitrogens with zero attached hydrogens (tertiary/aromatic N) is 7. The fourth-order valence-corrected chi connectivity index (χ4v) is 5.03. The maximum Gasteiger partial charge on any atom is 0.414 e. The summed E-state index contributed by atoms with van der Waals surface area (Å²) < 4.78 is 7.16. The average molecular weight is 526 g/mol. The molecular weight excluding hydrogens is 498 g/mol. The highest BCUT2D eigenvalue weighted by molar-refractivity contribution is 5.95. The van der Waals surface area contributed by atoms with E-state index in [-0.39, 0.29) is 23.8 Å². The monoisotopic (exact) mass is 525 g/mol. The third-order valence-electron chi connectivity index (χ3n) is 7.34. The first-order chi connectivity index (χ1) is 19.0. The first-order valence-electron chi connectivity index (χ1n) is 13.1. The topological polar surface area (TPSA) is 140 Å². The summed E-state index contributed by atoms with van der Waals surface area (Å²) in [4.78, 5) is 48.8. The summed E-state index contributed by atoms with van der Waals surface area (Å²) >= 11 is 0. The lowest BCUT2D eigenvalue weighted by Gasteiger charge is -2.15. The lowest BCUT2D eigenvalue weighted by Crippen LogP contribution is -2.24.